The molecule has 0 aliphatic carbocycles. The predicted octanol–water partition coefficient (Wildman–Crippen LogP) is -2.29. The molecule has 1 rings (SSSR count). The van der Waals surface area contributed by atoms with E-state index in [1.54, 1.807) is 0 Å². The first-order valence-corrected chi connectivity index (χ1v) is 5.71. The first-order chi connectivity index (χ1) is 5.89. The van der Waals surface area contributed by atoms with E-state index in [9.17, 15) is 13.2 Å². The number of nitrogens with one attached hydrogen (secondary N) is 1. The van der Waals surface area contributed by atoms with Gasteiger partial charge in [-0.15, -0.1) is 0 Å². The molecule has 0 atom stereocenters. The number of amides is 1. The van der Waals surface area contributed by atoms with Crippen LogP contribution >= 0.6 is 0 Å². The van der Waals surface area contributed by atoms with Gasteiger partial charge in [0.2, 0.25) is 15.9 Å². The molecule has 0 aromatic carbocycles. The Balaban J connectivity index is 2.23. The Morgan fingerprint density at radius 2 is 2.15 bits per heavy atom. The molecule has 0 aromatic rings. The summed E-state index contributed by atoms with van der Waals surface area (Å²) in [6.07, 6.45) is 1.16. The van der Waals surface area contributed by atoms with Gasteiger partial charge in [-0.05, 0) is 0 Å². The van der Waals surface area contributed by atoms with E-state index in [1.165, 1.54) is 4.31 Å². The molecule has 0 bridgehead atoms. The fraction of sp³-hybridized carbons (Fsp3) is 0.833. The predicted molar refractivity (Wildman–Crippen MR) is 47.4 cm³/mol. The van der Waals surface area contributed by atoms with E-state index < -0.39 is 15.9 Å². The first-order valence-electron chi connectivity index (χ1n) is 3.86. The minimum atomic E-state index is -3.06. The van der Waals surface area contributed by atoms with Crippen LogP contribution < -0.4 is 11.1 Å². The number of hydrogen-bond donors (Lipinski definition) is 2. The Kier molecular flexibility index (Phi) is 2.89. The molecule has 1 saturated heterocycles. The summed E-state index contributed by atoms with van der Waals surface area (Å²) in [5.74, 6) is -0.433. The molecule has 76 valence electrons. The molecule has 0 aromatic heterocycles. The highest BCUT2D eigenvalue weighted by atomic mass is 32.2. The lowest BCUT2D eigenvalue weighted by Gasteiger charge is -2.37. The summed E-state index contributed by atoms with van der Waals surface area (Å²) in [6, 6.07) is 0.0576. The quantitative estimate of drug-likeness (QED) is 0.542. The van der Waals surface area contributed by atoms with Crippen LogP contribution in [0.25, 0.3) is 0 Å². The van der Waals surface area contributed by atoms with E-state index in [-0.39, 0.29) is 12.6 Å². The molecule has 0 radical (unpaired) electrons. The highest BCUT2D eigenvalue weighted by molar-refractivity contribution is 7.88. The number of nitrogens with zero attached hydrogens (tertiary/aromatic N) is 1. The van der Waals surface area contributed by atoms with Gasteiger partial charge in [0.05, 0.1) is 12.8 Å². The zero-order valence-corrected chi connectivity index (χ0v) is 8.17. The first kappa shape index (κ1) is 10.4. The molecule has 1 heterocycles. The fourth-order valence-corrected chi connectivity index (χ4v) is 1.98. The normalized spacial score (nSPS) is 19.8. The van der Waals surface area contributed by atoms with Gasteiger partial charge in [-0.25, -0.2) is 8.42 Å². The Hall–Kier alpha value is -0.660. The average Bonchev–Trinajstić information content (AvgIpc) is 1.79. The third-order valence-corrected chi connectivity index (χ3v) is 3.12. The van der Waals surface area contributed by atoms with Crippen molar-refractivity contribution in [2.24, 2.45) is 5.73 Å². The summed E-state index contributed by atoms with van der Waals surface area (Å²) in [6.45, 7) is 0.945. The van der Waals surface area contributed by atoms with Crippen LogP contribution in [0.4, 0.5) is 0 Å². The van der Waals surface area contributed by atoms with Crippen LogP contribution in [-0.2, 0) is 14.8 Å². The molecule has 6 nitrogen and oxygen atoms in total. The maximum absolute atomic E-state index is 10.9. The largest absolute Gasteiger partial charge is 0.369 e. The molecule has 0 unspecified atom stereocenters. The summed E-state index contributed by atoms with van der Waals surface area (Å²) >= 11 is 0. The number of carbonyl (C=O) groups excluding carboxylic acids is 1. The van der Waals surface area contributed by atoms with Gasteiger partial charge in [0.1, 0.15) is 0 Å². The van der Waals surface area contributed by atoms with Crippen LogP contribution in [0.2, 0.25) is 0 Å². The Morgan fingerprint density at radius 3 is 2.54 bits per heavy atom. The second-order valence-corrected chi connectivity index (χ2v) is 5.11. The number of sulfonamides is 1. The van der Waals surface area contributed by atoms with Crippen LogP contribution in [0.3, 0.4) is 0 Å². The van der Waals surface area contributed by atoms with Gasteiger partial charge in [-0.2, -0.15) is 4.31 Å². The number of carbonyl (C=O) groups is 1. The Labute approximate surface area is 77.1 Å². The standard InChI is InChI=1S/C6H13N3O3S/c1-13(11,12)9-3-5(4-9)8-2-6(7)10/h5,8H,2-4H2,1H3,(H2,7,10). The zero-order valence-electron chi connectivity index (χ0n) is 7.36. The van der Waals surface area contributed by atoms with Gasteiger partial charge >= 0.3 is 0 Å². The summed E-state index contributed by atoms with van der Waals surface area (Å²) in [7, 11) is -3.06. The fourth-order valence-electron chi connectivity index (χ4n) is 1.08. The van der Waals surface area contributed by atoms with E-state index in [1.807, 2.05) is 0 Å². The highest BCUT2D eigenvalue weighted by Crippen LogP contribution is 2.11. The zero-order chi connectivity index (χ0) is 10.1. The van der Waals surface area contributed by atoms with Gasteiger partial charge in [-0.3, -0.25) is 4.79 Å². The number of hydrogen-bond acceptors (Lipinski definition) is 4. The average molecular weight is 207 g/mol. The van der Waals surface area contributed by atoms with Crippen molar-refractivity contribution in [3.63, 3.8) is 0 Å². The van der Waals surface area contributed by atoms with E-state index in [4.69, 9.17) is 5.73 Å². The van der Waals surface area contributed by atoms with Crippen LogP contribution in [0, 0.1) is 0 Å². The van der Waals surface area contributed by atoms with Crippen molar-refractivity contribution in [3.05, 3.63) is 0 Å². The van der Waals surface area contributed by atoms with Crippen molar-refractivity contribution in [1.82, 2.24) is 9.62 Å². The molecule has 3 N–H and O–H groups in total. The topological polar surface area (TPSA) is 92.5 Å². The SMILES string of the molecule is CS(=O)(=O)N1CC(NCC(N)=O)C1. The lowest BCUT2D eigenvalue weighted by Crippen LogP contribution is -2.60. The summed E-state index contributed by atoms with van der Waals surface area (Å²) < 4.78 is 23.1. The molecular formula is C6H13N3O3S. The minimum Gasteiger partial charge on any atom is -0.369 e. The maximum atomic E-state index is 10.9. The molecule has 0 saturated carbocycles. The second-order valence-electron chi connectivity index (χ2n) is 3.12. The lowest BCUT2D eigenvalue weighted by atomic mass is 10.2. The molecule has 0 spiro atoms. The Morgan fingerprint density at radius 1 is 1.62 bits per heavy atom. The second kappa shape index (κ2) is 3.60. The van der Waals surface area contributed by atoms with Crippen LogP contribution in [0.5, 0.6) is 0 Å². The molecule has 1 aliphatic heterocycles. The number of nitrogens with two attached hydrogens (primary N) is 1. The van der Waals surface area contributed by atoms with E-state index in [2.05, 4.69) is 5.32 Å². The van der Waals surface area contributed by atoms with Gasteiger partial charge < -0.3 is 11.1 Å². The number of rotatable bonds is 4. The highest BCUT2D eigenvalue weighted by Gasteiger charge is 2.32. The third-order valence-electron chi connectivity index (χ3n) is 1.88. The van der Waals surface area contributed by atoms with Crippen LogP contribution in [0.15, 0.2) is 0 Å². The van der Waals surface area contributed by atoms with Crippen molar-refractivity contribution in [2.75, 3.05) is 25.9 Å². The van der Waals surface area contributed by atoms with Crippen LogP contribution in [0.1, 0.15) is 0 Å². The molecule has 1 fully saturated rings. The molecule has 7 heteroatoms. The molecule has 13 heavy (non-hydrogen) atoms. The third kappa shape index (κ3) is 2.94. The lowest BCUT2D eigenvalue weighted by molar-refractivity contribution is -0.117. The molecule has 1 aliphatic rings. The number of primary amides is 1. The van der Waals surface area contributed by atoms with E-state index in [0.29, 0.717) is 13.1 Å². The van der Waals surface area contributed by atoms with Gasteiger partial charge in [-0.1, -0.05) is 0 Å². The molecule has 1 amide bonds. The van der Waals surface area contributed by atoms with E-state index in [0.717, 1.165) is 6.26 Å². The minimum absolute atomic E-state index is 0.0576. The van der Waals surface area contributed by atoms with Gasteiger partial charge in [0.15, 0.2) is 0 Å². The monoisotopic (exact) mass is 207 g/mol. The summed E-state index contributed by atoms with van der Waals surface area (Å²) in [5.41, 5.74) is 4.91. The van der Waals surface area contributed by atoms with Crippen LogP contribution in [-0.4, -0.2) is 50.6 Å². The van der Waals surface area contributed by atoms with Crippen molar-refractivity contribution >= 4 is 15.9 Å². The van der Waals surface area contributed by atoms with Gasteiger partial charge in [0, 0.05) is 19.1 Å². The van der Waals surface area contributed by atoms with Gasteiger partial charge in [0.25, 0.3) is 0 Å². The van der Waals surface area contributed by atoms with Crippen molar-refractivity contribution in [1.29, 1.82) is 0 Å². The summed E-state index contributed by atoms with van der Waals surface area (Å²) in [4.78, 5) is 10.4. The van der Waals surface area contributed by atoms with E-state index >= 15 is 0 Å². The smallest absolute Gasteiger partial charge is 0.231 e. The maximum Gasteiger partial charge on any atom is 0.231 e. The van der Waals surface area contributed by atoms with Crippen molar-refractivity contribution in [3.8, 4) is 0 Å². The Bertz CT molecular complexity index is 294. The van der Waals surface area contributed by atoms with Crippen molar-refractivity contribution < 1.29 is 13.2 Å². The van der Waals surface area contributed by atoms with Crippen molar-refractivity contribution in [2.45, 2.75) is 6.04 Å². The molecular weight excluding hydrogens is 194 g/mol. The summed E-state index contributed by atoms with van der Waals surface area (Å²) in [5, 5.41) is 2.84.